The number of H-pyrrole nitrogens is 1. The van der Waals surface area contributed by atoms with Gasteiger partial charge in [0.25, 0.3) is 0 Å². The van der Waals surface area contributed by atoms with Crippen LogP contribution in [-0.4, -0.2) is 29.9 Å². The molecule has 3 aromatic heterocycles. The topological polar surface area (TPSA) is 72.3 Å². The summed E-state index contributed by atoms with van der Waals surface area (Å²) < 4.78 is 38.5. The summed E-state index contributed by atoms with van der Waals surface area (Å²) in [6.07, 6.45) is -1.55. The molecule has 3 rings (SSSR count). The molecule has 10 heteroatoms. The van der Waals surface area contributed by atoms with Crippen LogP contribution in [0.25, 0.3) is 16.9 Å². The quantitative estimate of drug-likeness (QED) is 0.697. The number of rotatable bonds is 1. The monoisotopic (exact) mass is 288 g/mol. The van der Waals surface area contributed by atoms with Gasteiger partial charge in [-0.15, -0.1) is 0 Å². The minimum absolute atomic E-state index is 0.115. The summed E-state index contributed by atoms with van der Waals surface area (Å²) in [4.78, 5) is 7.72. The van der Waals surface area contributed by atoms with Crippen molar-refractivity contribution in [1.29, 1.82) is 0 Å². The molecule has 19 heavy (non-hydrogen) atoms. The molecular weight excluding hydrogens is 285 g/mol. The van der Waals surface area contributed by atoms with Crippen LogP contribution in [0.4, 0.5) is 13.2 Å². The van der Waals surface area contributed by atoms with Gasteiger partial charge < -0.3 is 0 Å². The minimum atomic E-state index is -4.47. The van der Waals surface area contributed by atoms with Crippen LogP contribution < -0.4 is 0 Å². The Morgan fingerprint density at radius 1 is 1.21 bits per heavy atom. The molecule has 0 aliphatic heterocycles. The Balaban J connectivity index is 2.19. The minimum Gasteiger partial charge on any atom is -0.261 e. The van der Waals surface area contributed by atoms with E-state index in [2.05, 4.69) is 25.3 Å². The van der Waals surface area contributed by atoms with E-state index < -0.39 is 11.7 Å². The van der Waals surface area contributed by atoms with Crippen molar-refractivity contribution in [3.63, 3.8) is 0 Å². The third kappa shape index (κ3) is 2.01. The van der Waals surface area contributed by atoms with E-state index >= 15 is 0 Å². The van der Waals surface area contributed by atoms with E-state index in [-0.39, 0.29) is 11.1 Å². The fourth-order valence-electron chi connectivity index (χ4n) is 1.55. The fourth-order valence-corrected chi connectivity index (χ4v) is 1.72. The SMILES string of the molecule is FC(F)(F)c1cnn(-c2nc(Cl)nc3[nH]ncc23)c1. The maximum Gasteiger partial charge on any atom is 0.419 e. The third-order valence-corrected chi connectivity index (χ3v) is 2.56. The average Bonchev–Trinajstić information content (AvgIpc) is 2.94. The Hall–Kier alpha value is -2.16. The molecule has 0 amide bonds. The van der Waals surface area contributed by atoms with E-state index in [0.29, 0.717) is 17.2 Å². The number of fused-ring (bicyclic) bond motifs is 1. The molecule has 0 aliphatic rings. The van der Waals surface area contributed by atoms with Gasteiger partial charge in [0.1, 0.15) is 0 Å². The van der Waals surface area contributed by atoms with Crippen LogP contribution in [0.5, 0.6) is 0 Å². The lowest BCUT2D eigenvalue weighted by Crippen LogP contribution is -2.04. The van der Waals surface area contributed by atoms with E-state index in [9.17, 15) is 13.2 Å². The molecule has 0 saturated heterocycles. The first kappa shape index (κ1) is 11.9. The van der Waals surface area contributed by atoms with E-state index in [4.69, 9.17) is 11.6 Å². The summed E-state index contributed by atoms with van der Waals surface area (Å²) in [6.45, 7) is 0. The Bertz CT molecular complexity index is 746. The zero-order chi connectivity index (χ0) is 13.6. The molecule has 0 fully saturated rings. The van der Waals surface area contributed by atoms with Crippen molar-refractivity contribution in [2.45, 2.75) is 6.18 Å². The molecule has 0 unspecified atom stereocenters. The molecule has 0 aliphatic carbocycles. The van der Waals surface area contributed by atoms with Gasteiger partial charge in [-0.05, 0) is 11.6 Å². The number of alkyl halides is 3. The van der Waals surface area contributed by atoms with Crippen LogP contribution in [-0.2, 0) is 6.18 Å². The Kier molecular flexibility index (Phi) is 2.45. The van der Waals surface area contributed by atoms with E-state index in [1.807, 2.05) is 0 Å². The van der Waals surface area contributed by atoms with Gasteiger partial charge in [0.05, 0.1) is 23.3 Å². The van der Waals surface area contributed by atoms with Crippen LogP contribution in [0, 0.1) is 0 Å². The van der Waals surface area contributed by atoms with Crippen molar-refractivity contribution in [2.75, 3.05) is 0 Å². The van der Waals surface area contributed by atoms with Gasteiger partial charge in [-0.1, -0.05) is 0 Å². The molecule has 0 bridgehead atoms. The molecule has 0 radical (unpaired) electrons. The second-order valence-corrected chi connectivity index (χ2v) is 3.96. The summed E-state index contributed by atoms with van der Waals surface area (Å²) in [5.74, 6) is 0.124. The van der Waals surface area contributed by atoms with Crippen molar-refractivity contribution >= 4 is 22.6 Å². The molecule has 0 spiro atoms. The summed E-state index contributed by atoms with van der Waals surface area (Å²) in [7, 11) is 0. The lowest BCUT2D eigenvalue weighted by Gasteiger charge is -2.03. The molecular formula is C9H4ClF3N6. The van der Waals surface area contributed by atoms with Gasteiger partial charge >= 0.3 is 6.18 Å². The van der Waals surface area contributed by atoms with Crippen molar-refractivity contribution in [1.82, 2.24) is 29.9 Å². The first-order valence-electron chi connectivity index (χ1n) is 4.94. The second kappa shape index (κ2) is 3.92. The highest BCUT2D eigenvalue weighted by molar-refractivity contribution is 6.28. The number of aromatic amines is 1. The van der Waals surface area contributed by atoms with E-state index in [1.54, 1.807) is 0 Å². The highest BCUT2D eigenvalue weighted by Crippen LogP contribution is 2.29. The Labute approximate surface area is 108 Å². The molecule has 0 saturated carbocycles. The molecule has 1 N–H and O–H groups in total. The third-order valence-electron chi connectivity index (χ3n) is 2.39. The van der Waals surface area contributed by atoms with Crippen molar-refractivity contribution < 1.29 is 13.2 Å². The van der Waals surface area contributed by atoms with Crippen LogP contribution >= 0.6 is 11.6 Å². The normalized spacial score (nSPS) is 12.2. The number of hydrogen-bond acceptors (Lipinski definition) is 4. The van der Waals surface area contributed by atoms with Gasteiger partial charge in [0.2, 0.25) is 5.28 Å². The van der Waals surface area contributed by atoms with E-state index in [0.717, 1.165) is 10.9 Å². The van der Waals surface area contributed by atoms with Gasteiger partial charge in [0, 0.05) is 6.20 Å². The van der Waals surface area contributed by atoms with Crippen molar-refractivity contribution in [2.24, 2.45) is 0 Å². The fraction of sp³-hybridized carbons (Fsp3) is 0.111. The van der Waals surface area contributed by atoms with Crippen LogP contribution in [0.3, 0.4) is 0 Å². The maximum atomic E-state index is 12.5. The van der Waals surface area contributed by atoms with E-state index in [1.165, 1.54) is 6.20 Å². The second-order valence-electron chi connectivity index (χ2n) is 3.62. The Morgan fingerprint density at radius 2 is 2.00 bits per heavy atom. The highest BCUT2D eigenvalue weighted by Gasteiger charge is 2.32. The molecule has 6 nitrogen and oxygen atoms in total. The summed E-state index contributed by atoms with van der Waals surface area (Å²) in [6, 6.07) is 0. The van der Waals surface area contributed by atoms with Gasteiger partial charge in [0.15, 0.2) is 11.5 Å². The van der Waals surface area contributed by atoms with Crippen LogP contribution in [0.15, 0.2) is 18.6 Å². The molecule has 3 heterocycles. The van der Waals surface area contributed by atoms with Crippen LogP contribution in [0.1, 0.15) is 5.56 Å². The lowest BCUT2D eigenvalue weighted by molar-refractivity contribution is -0.137. The number of hydrogen-bond donors (Lipinski definition) is 1. The largest absolute Gasteiger partial charge is 0.419 e. The zero-order valence-electron chi connectivity index (χ0n) is 8.98. The van der Waals surface area contributed by atoms with Crippen molar-refractivity contribution in [3.8, 4) is 5.82 Å². The number of halogens is 4. The van der Waals surface area contributed by atoms with Crippen LogP contribution in [0.2, 0.25) is 5.28 Å². The molecule has 0 aromatic carbocycles. The number of aromatic nitrogens is 6. The lowest BCUT2D eigenvalue weighted by atomic mass is 10.3. The van der Waals surface area contributed by atoms with Gasteiger partial charge in [-0.2, -0.15) is 33.3 Å². The van der Waals surface area contributed by atoms with Gasteiger partial charge in [-0.25, -0.2) is 4.68 Å². The highest BCUT2D eigenvalue weighted by atomic mass is 35.5. The molecule has 3 aromatic rings. The predicted octanol–water partition coefficient (Wildman–Crippen LogP) is 2.21. The van der Waals surface area contributed by atoms with Crippen molar-refractivity contribution in [3.05, 3.63) is 29.4 Å². The smallest absolute Gasteiger partial charge is 0.261 e. The summed E-state index contributed by atoms with van der Waals surface area (Å²) in [5.41, 5.74) is -0.557. The number of nitrogens with zero attached hydrogens (tertiary/aromatic N) is 5. The summed E-state index contributed by atoms with van der Waals surface area (Å²) in [5, 5.41) is 10.2. The number of nitrogens with one attached hydrogen (secondary N) is 1. The maximum absolute atomic E-state index is 12.5. The predicted molar refractivity (Wildman–Crippen MR) is 58.8 cm³/mol. The van der Waals surface area contributed by atoms with Gasteiger partial charge in [-0.3, -0.25) is 5.10 Å². The molecule has 0 atom stereocenters. The Morgan fingerprint density at radius 3 is 2.68 bits per heavy atom. The average molecular weight is 289 g/mol. The zero-order valence-corrected chi connectivity index (χ0v) is 9.74. The first-order chi connectivity index (χ1) is 8.95. The summed E-state index contributed by atoms with van der Waals surface area (Å²) >= 11 is 5.69. The first-order valence-corrected chi connectivity index (χ1v) is 5.32. The molecule has 98 valence electrons. The standard InChI is InChI=1S/C9H4ClF3N6/c10-8-16-6-5(2-14-18-6)7(17-8)19-3-4(1-15-19)9(11,12)13/h1-3H,(H,14,16,17,18).